The lowest BCUT2D eigenvalue weighted by molar-refractivity contribution is -0.147. The second-order valence-corrected chi connectivity index (χ2v) is 6.07. The molecule has 0 unspecified atom stereocenters. The molecule has 0 aliphatic heterocycles. The lowest BCUT2D eigenvalue weighted by atomic mass is 10.3. The highest BCUT2D eigenvalue weighted by molar-refractivity contribution is 7.12. The van der Waals surface area contributed by atoms with Crippen molar-refractivity contribution >= 4 is 23.2 Å². The number of carbonyl (C=O) groups excluding carboxylic acids is 2. The van der Waals surface area contributed by atoms with Gasteiger partial charge in [0.1, 0.15) is 6.04 Å². The van der Waals surface area contributed by atoms with Crippen LogP contribution in [0.15, 0.2) is 47.8 Å². The van der Waals surface area contributed by atoms with Gasteiger partial charge in [0.2, 0.25) is 0 Å². The number of hydrogen-bond donors (Lipinski definition) is 1. The predicted molar refractivity (Wildman–Crippen MR) is 90.2 cm³/mol. The zero-order chi connectivity index (χ0) is 17.6. The van der Waals surface area contributed by atoms with Crippen LogP contribution in [-0.4, -0.2) is 38.1 Å². The summed E-state index contributed by atoms with van der Waals surface area (Å²) in [5.41, 5.74) is 0.762. The van der Waals surface area contributed by atoms with Crippen molar-refractivity contribution in [2.24, 2.45) is 0 Å². The lowest BCUT2D eigenvalue weighted by Crippen LogP contribution is -2.39. The maximum atomic E-state index is 12.1. The Hall–Kier alpha value is -3.07. The minimum atomic E-state index is -0.782. The maximum absolute atomic E-state index is 12.1. The molecule has 1 N–H and O–H groups in total. The van der Waals surface area contributed by atoms with E-state index in [0.29, 0.717) is 10.7 Å². The molecular formula is C16H15N5O3S. The highest BCUT2D eigenvalue weighted by Crippen LogP contribution is 2.10. The standard InChI is InChI=1S/C16H15N5O3S/c1-11(17-15(22)13-8-5-9-25-13)16(23)24-10-14-18-19-20-21(14)12-6-3-2-4-7-12/h2-9,11H,10H2,1H3,(H,17,22)/t11-/m1/s1. The van der Waals surface area contributed by atoms with Crippen LogP contribution in [0.5, 0.6) is 0 Å². The smallest absolute Gasteiger partial charge is 0.328 e. The van der Waals surface area contributed by atoms with Gasteiger partial charge in [-0.2, -0.15) is 4.68 Å². The van der Waals surface area contributed by atoms with Crippen LogP contribution in [0, 0.1) is 0 Å². The average molecular weight is 357 g/mol. The van der Waals surface area contributed by atoms with Crippen LogP contribution in [0.3, 0.4) is 0 Å². The second kappa shape index (κ2) is 7.67. The number of nitrogens with one attached hydrogen (secondary N) is 1. The number of ether oxygens (including phenoxy) is 1. The summed E-state index contributed by atoms with van der Waals surface area (Å²) >= 11 is 1.30. The maximum Gasteiger partial charge on any atom is 0.328 e. The summed E-state index contributed by atoms with van der Waals surface area (Å²) in [6.45, 7) is 1.47. The first kappa shape index (κ1) is 16.8. The number of aromatic nitrogens is 4. The van der Waals surface area contributed by atoms with Crippen molar-refractivity contribution in [1.82, 2.24) is 25.5 Å². The van der Waals surface area contributed by atoms with E-state index in [1.54, 1.807) is 24.4 Å². The number of nitrogens with zero attached hydrogens (tertiary/aromatic N) is 4. The minimum Gasteiger partial charge on any atom is -0.456 e. The monoisotopic (exact) mass is 357 g/mol. The molecule has 0 bridgehead atoms. The van der Waals surface area contributed by atoms with Gasteiger partial charge in [-0.05, 0) is 40.9 Å². The topological polar surface area (TPSA) is 99.0 Å². The number of thiophene rings is 1. The minimum absolute atomic E-state index is 0.0973. The Morgan fingerprint density at radius 3 is 2.76 bits per heavy atom. The van der Waals surface area contributed by atoms with E-state index in [1.807, 2.05) is 30.3 Å². The molecule has 25 heavy (non-hydrogen) atoms. The van der Waals surface area contributed by atoms with Gasteiger partial charge >= 0.3 is 5.97 Å². The van der Waals surface area contributed by atoms with Gasteiger partial charge in [-0.3, -0.25) is 4.79 Å². The van der Waals surface area contributed by atoms with Gasteiger partial charge in [0, 0.05) is 0 Å². The van der Waals surface area contributed by atoms with Crippen LogP contribution >= 0.6 is 11.3 Å². The van der Waals surface area contributed by atoms with Crippen LogP contribution < -0.4 is 5.32 Å². The molecule has 8 nitrogen and oxygen atoms in total. The molecule has 3 aromatic rings. The molecule has 2 aromatic heterocycles. The summed E-state index contributed by atoms with van der Waals surface area (Å²) in [4.78, 5) is 24.6. The van der Waals surface area contributed by atoms with E-state index in [4.69, 9.17) is 4.74 Å². The highest BCUT2D eigenvalue weighted by atomic mass is 32.1. The molecule has 1 aromatic carbocycles. The number of esters is 1. The van der Waals surface area contributed by atoms with Crippen molar-refractivity contribution in [3.63, 3.8) is 0 Å². The Bertz CT molecular complexity index is 848. The third-order valence-electron chi connectivity index (χ3n) is 3.32. The largest absolute Gasteiger partial charge is 0.456 e. The van der Waals surface area contributed by atoms with Crippen molar-refractivity contribution in [2.75, 3.05) is 0 Å². The molecule has 3 rings (SSSR count). The fraction of sp³-hybridized carbons (Fsp3) is 0.188. The Kier molecular flexibility index (Phi) is 5.14. The number of amides is 1. The Balaban J connectivity index is 1.58. The SMILES string of the molecule is C[C@@H](NC(=O)c1cccs1)C(=O)OCc1nnnn1-c1ccccc1. The van der Waals surface area contributed by atoms with E-state index in [9.17, 15) is 9.59 Å². The van der Waals surface area contributed by atoms with Gasteiger partial charge in [0.05, 0.1) is 10.6 Å². The van der Waals surface area contributed by atoms with E-state index >= 15 is 0 Å². The van der Waals surface area contributed by atoms with Gasteiger partial charge in [0.25, 0.3) is 5.91 Å². The van der Waals surface area contributed by atoms with Crippen LogP contribution in [0.25, 0.3) is 5.69 Å². The third-order valence-corrected chi connectivity index (χ3v) is 4.19. The number of carbonyl (C=O) groups is 2. The third kappa shape index (κ3) is 4.07. The number of tetrazole rings is 1. The normalized spacial score (nSPS) is 11.7. The second-order valence-electron chi connectivity index (χ2n) is 5.12. The van der Waals surface area contributed by atoms with E-state index < -0.39 is 12.0 Å². The van der Waals surface area contributed by atoms with Gasteiger partial charge in [-0.15, -0.1) is 16.4 Å². The van der Waals surface area contributed by atoms with Gasteiger partial charge in [-0.25, -0.2) is 4.79 Å². The predicted octanol–water partition coefficient (Wildman–Crippen LogP) is 1.59. The summed E-state index contributed by atoms with van der Waals surface area (Å²) in [6.07, 6.45) is 0. The number of benzene rings is 1. The Morgan fingerprint density at radius 1 is 1.24 bits per heavy atom. The molecule has 0 spiro atoms. The van der Waals surface area contributed by atoms with Crippen molar-refractivity contribution in [1.29, 1.82) is 0 Å². The summed E-state index contributed by atoms with van der Waals surface area (Å²) in [6, 6.07) is 11.9. The van der Waals surface area contributed by atoms with Gasteiger partial charge in [-0.1, -0.05) is 24.3 Å². The molecule has 0 radical (unpaired) electrons. The highest BCUT2D eigenvalue weighted by Gasteiger charge is 2.20. The molecule has 0 saturated heterocycles. The molecular weight excluding hydrogens is 342 g/mol. The molecule has 128 valence electrons. The van der Waals surface area contributed by atoms with Crippen molar-refractivity contribution in [2.45, 2.75) is 19.6 Å². The van der Waals surface area contributed by atoms with E-state index in [-0.39, 0.29) is 12.5 Å². The number of rotatable bonds is 6. The number of hydrogen-bond acceptors (Lipinski definition) is 7. The Labute approximate surface area is 147 Å². The van der Waals surface area contributed by atoms with Crippen LogP contribution in [0.2, 0.25) is 0 Å². The fourth-order valence-corrected chi connectivity index (χ4v) is 2.69. The van der Waals surface area contributed by atoms with E-state index in [0.717, 1.165) is 5.69 Å². The first-order valence-corrected chi connectivity index (χ1v) is 8.37. The van der Waals surface area contributed by atoms with Crippen LogP contribution in [-0.2, 0) is 16.1 Å². The van der Waals surface area contributed by atoms with Crippen molar-refractivity contribution in [3.05, 3.63) is 58.5 Å². The van der Waals surface area contributed by atoms with Crippen LogP contribution in [0.1, 0.15) is 22.4 Å². The molecule has 1 atom stereocenters. The quantitative estimate of drug-likeness (QED) is 0.673. The zero-order valence-corrected chi connectivity index (χ0v) is 14.1. The zero-order valence-electron chi connectivity index (χ0n) is 13.3. The van der Waals surface area contributed by atoms with Crippen molar-refractivity contribution < 1.29 is 14.3 Å². The summed E-state index contributed by atoms with van der Waals surface area (Å²) in [7, 11) is 0. The molecule has 0 aliphatic carbocycles. The van der Waals surface area contributed by atoms with Gasteiger partial charge < -0.3 is 10.1 Å². The molecule has 0 aliphatic rings. The summed E-state index contributed by atoms with van der Waals surface area (Å²) in [5.74, 6) is -0.488. The van der Waals surface area contributed by atoms with Crippen molar-refractivity contribution in [3.8, 4) is 5.69 Å². The first-order chi connectivity index (χ1) is 12.1. The van der Waals surface area contributed by atoms with Gasteiger partial charge in [0.15, 0.2) is 12.4 Å². The molecule has 2 heterocycles. The van der Waals surface area contributed by atoms with E-state index in [2.05, 4.69) is 20.8 Å². The fourth-order valence-electron chi connectivity index (χ4n) is 2.06. The summed E-state index contributed by atoms with van der Waals surface area (Å²) in [5, 5.41) is 15.7. The summed E-state index contributed by atoms with van der Waals surface area (Å²) < 4.78 is 6.70. The Morgan fingerprint density at radius 2 is 2.04 bits per heavy atom. The molecule has 9 heteroatoms. The lowest BCUT2D eigenvalue weighted by Gasteiger charge is -2.12. The molecule has 0 fully saturated rings. The van der Waals surface area contributed by atoms with E-state index in [1.165, 1.54) is 16.0 Å². The van der Waals surface area contributed by atoms with Crippen LogP contribution in [0.4, 0.5) is 0 Å². The molecule has 1 amide bonds. The average Bonchev–Trinajstić information content (AvgIpc) is 3.32. The first-order valence-electron chi connectivity index (χ1n) is 7.49. The number of para-hydroxylation sites is 1. The molecule has 0 saturated carbocycles.